The molecule has 0 fully saturated rings. The van der Waals surface area contributed by atoms with Gasteiger partial charge in [0.05, 0.1) is 16.8 Å². The number of methoxy groups -OCH3 is 1. The largest absolute Gasteiger partial charge is 0.494 e. The van der Waals surface area contributed by atoms with Crippen molar-refractivity contribution in [1.29, 1.82) is 0 Å². The summed E-state index contributed by atoms with van der Waals surface area (Å²) in [6, 6.07) is 11.2. The SMILES string of the molecule is COc1ccc(Cl)c2sc(N(CCCN(C)C)C(=O)COc3ccc(C)cc3)nc12. The first kappa shape index (κ1) is 22.3. The molecule has 0 saturated carbocycles. The van der Waals surface area contributed by atoms with Gasteiger partial charge in [-0.1, -0.05) is 40.6 Å². The topological polar surface area (TPSA) is 54.9 Å². The second-order valence-corrected chi connectivity index (χ2v) is 8.61. The van der Waals surface area contributed by atoms with Crippen LogP contribution in [-0.4, -0.2) is 56.7 Å². The number of hydrogen-bond donors (Lipinski definition) is 0. The van der Waals surface area contributed by atoms with E-state index in [0.29, 0.717) is 33.7 Å². The molecular weight excluding hydrogens is 422 g/mol. The number of aromatic nitrogens is 1. The van der Waals surface area contributed by atoms with Gasteiger partial charge in [-0.2, -0.15) is 0 Å². The highest BCUT2D eigenvalue weighted by Crippen LogP contribution is 2.38. The molecule has 0 radical (unpaired) electrons. The van der Waals surface area contributed by atoms with E-state index in [2.05, 4.69) is 9.88 Å². The molecule has 0 bridgehead atoms. The lowest BCUT2D eigenvalue weighted by Gasteiger charge is -2.21. The number of fused-ring (bicyclic) bond motifs is 1. The zero-order chi connectivity index (χ0) is 21.7. The number of nitrogens with zero attached hydrogens (tertiary/aromatic N) is 3. The van der Waals surface area contributed by atoms with Crippen LogP contribution in [0.5, 0.6) is 11.5 Å². The zero-order valence-electron chi connectivity index (χ0n) is 17.6. The molecule has 2 aromatic carbocycles. The lowest BCUT2D eigenvalue weighted by molar-refractivity contribution is -0.120. The number of halogens is 1. The summed E-state index contributed by atoms with van der Waals surface area (Å²) < 4.78 is 11.9. The quantitative estimate of drug-likeness (QED) is 0.478. The number of hydrogen-bond acceptors (Lipinski definition) is 6. The Kier molecular flexibility index (Phi) is 7.53. The molecule has 0 atom stereocenters. The van der Waals surface area contributed by atoms with Gasteiger partial charge in [-0.15, -0.1) is 0 Å². The van der Waals surface area contributed by atoms with Crippen LogP contribution >= 0.6 is 22.9 Å². The van der Waals surface area contributed by atoms with Gasteiger partial charge in [-0.05, 0) is 58.3 Å². The average molecular weight is 448 g/mol. The Bertz CT molecular complexity index is 1000. The molecule has 1 amide bonds. The van der Waals surface area contributed by atoms with E-state index in [1.807, 2.05) is 45.3 Å². The van der Waals surface area contributed by atoms with E-state index in [9.17, 15) is 4.79 Å². The van der Waals surface area contributed by atoms with Crippen LogP contribution < -0.4 is 14.4 Å². The summed E-state index contributed by atoms with van der Waals surface area (Å²) in [6.07, 6.45) is 0.810. The summed E-state index contributed by atoms with van der Waals surface area (Å²) in [5.41, 5.74) is 1.80. The molecule has 6 nitrogen and oxygen atoms in total. The Labute approximate surface area is 186 Å². The second-order valence-electron chi connectivity index (χ2n) is 7.23. The molecule has 3 rings (SSSR count). The van der Waals surface area contributed by atoms with Crippen LogP contribution in [0.4, 0.5) is 5.13 Å². The summed E-state index contributed by atoms with van der Waals surface area (Å²) in [5.74, 6) is 1.15. The van der Waals surface area contributed by atoms with Gasteiger partial charge in [0, 0.05) is 6.54 Å². The molecule has 0 N–H and O–H groups in total. The summed E-state index contributed by atoms with van der Waals surface area (Å²) >= 11 is 7.75. The van der Waals surface area contributed by atoms with Gasteiger partial charge in [0.1, 0.15) is 17.0 Å². The van der Waals surface area contributed by atoms with E-state index in [4.69, 9.17) is 21.1 Å². The Morgan fingerprint density at radius 1 is 1.13 bits per heavy atom. The predicted octanol–water partition coefficient (Wildman–Crippen LogP) is 4.63. The number of carbonyl (C=O) groups excluding carboxylic acids is 1. The smallest absolute Gasteiger partial charge is 0.266 e. The van der Waals surface area contributed by atoms with Crippen molar-refractivity contribution in [2.24, 2.45) is 0 Å². The molecule has 1 heterocycles. The number of benzene rings is 2. The van der Waals surface area contributed by atoms with Crippen LogP contribution in [0.1, 0.15) is 12.0 Å². The fraction of sp³-hybridized carbons (Fsp3) is 0.364. The van der Waals surface area contributed by atoms with Gasteiger partial charge in [0.2, 0.25) is 0 Å². The first-order valence-corrected chi connectivity index (χ1v) is 10.9. The Morgan fingerprint density at radius 3 is 2.53 bits per heavy atom. The van der Waals surface area contributed by atoms with E-state index in [1.165, 1.54) is 11.3 Å². The van der Waals surface area contributed by atoms with E-state index >= 15 is 0 Å². The Hall–Kier alpha value is -2.35. The van der Waals surface area contributed by atoms with Gasteiger partial charge in [0.15, 0.2) is 11.7 Å². The minimum absolute atomic E-state index is 0.0637. The van der Waals surface area contributed by atoms with Gasteiger partial charge in [-0.3, -0.25) is 9.69 Å². The van der Waals surface area contributed by atoms with Gasteiger partial charge in [-0.25, -0.2) is 4.98 Å². The zero-order valence-corrected chi connectivity index (χ0v) is 19.2. The second kappa shape index (κ2) is 10.1. The number of thiazole rings is 1. The minimum Gasteiger partial charge on any atom is -0.494 e. The highest BCUT2D eigenvalue weighted by atomic mass is 35.5. The lowest BCUT2D eigenvalue weighted by Crippen LogP contribution is -2.36. The van der Waals surface area contributed by atoms with Crippen molar-refractivity contribution in [3.63, 3.8) is 0 Å². The molecule has 0 aliphatic carbocycles. The molecular formula is C22H26ClN3O3S. The van der Waals surface area contributed by atoms with Crippen molar-refractivity contribution in [1.82, 2.24) is 9.88 Å². The summed E-state index contributed by atoms with van der Waals surface area (Å²) in [7, 11) is 5.61. The Balaban J connectivity index is 1.84. The van der Waals surface area contributed by atoms with Crippen LogP contribution in [0.25, 0.3) is 10.2 Å². The maximum atomic E-state index is 13.1. The number of carbonyl (C=O) groups is 1. The number of anilines is 1. The van der Waals surface area contributed by atoms with Crippen molar-refractivity contribution < 1.29 is 14.3 Å². The van der Waals surface area contributed by atoms with E-state index in [1.54, 1.807) is 24.1 Å². The number of aryl methyl sites for hydroxylation is 1. The molecule has 30 heavy (non-hydrogen) atoms. The summed E-state index contributed by atoms with van der Waals surface area (Å²) in [4.78, 5) is 21.5. The molecule has 160 valence electrons. The Morgan fingerprint density at radius 2 is 1.87 bits per heavy atom. The predicted molar refractivity (Wildman–Crippen MR) is 123 cm³/mol. The van der Waals surface area contributed by atoms with Crippen LogP contribution in [0.2, 0.25) is 5.02 Å². The van der Waals surface area contributed by atoms with Crippen LogP contribution in [-0.2, 0) is 4.79 Å². The highest BCUT2D eigenvalue weighted by molar-refractivity contribution is 7.23. The third kappa shape index (κ3) is 5.41. The molecule has 8 heteroatoms. The van der Waals surface area contributed by atoms with Gasteiger partial charge >= 0.3 is 0 Å². The van der Waals surface area contributed by atoms with E-state index < -0.39 is 0 Å². The standard InChI is InChI=1S/C22H26ClN3O3S/c1-15-6-8-16(9-7-15)29-14-19(27)26(13-5-12-25(2)3)22-24-20-18(28-4)11-10-17(23)21(20)30-22/h6-11H,5,12-14H2,1-4H3. The molecule has 0 aliphatic rings. The van der Waals surface area contributed by atoms with Gasteiger partial charge in [0.25, 0.3) is 5.91 Å². The fourth-order valence-corrected chi connectivity index (χ4v) is 4.25. The summed E-state index contributed by atoms with van der Waals surface area (Å²) in [5, 5.41) is 1.18. The van der Waals surface area contributed by atoms with Gasteiger partial charge < -0.3 is 14.4 Å². The van der Waals surface area contributed by atoms with E-state index in [0.717, 1.165) is 23.2 Å². The molecule has 1 aromatic heterocycles. The summed E-state index contributed by atoms with van der Waals surface area (Å²) in [6.45, 7) is 3.34. The van der Waals surface area contributed by atoms with Crippen LogP contribution in [0.15, 0.2) is 36.4 Å². The fourth-order valence-electron chi connectivity index (χ4n) is 2.95. The molecule has 3 aromatic rings. The molecule has 0 saturated heterocycles. The maximum absolute atomic E-state index is 13.1. The van der Waals surface area contributed by atoms with Crippen molar-refractivity contribution >= 4 is 44.2 Å². The number of ether oxygens (including phenoxy) is 2. The average Bonchev–Trinajstić information content (AvgIpc) is 3.16. The maximum Gasteiger partial charge on any atom is 0.266 e. The number of rotatable bonds is 9. The highest BCUT2D eigenvalue weighted by Gasteiger charge is 2.22. The van der Waals surface area contributed by atoms with Crippen molar-refractivity contribution in [3.05, 3.63) is 47.0 Å². The lowest BCUT2D eigenvalue weighted by atomic mass is 10.2. The normalized spacial score (nSPS) is 11.1. The van der Waals surface area contributed by atoms with Crippen LogP contribution in [0.3, 0.4) is 0 Å². The van der Waals surface area contributed by atoms with E-state index in [-0.39, 0.29) is 12.5 Å². The van der Waals surface area contributed by atoms with Crippen molar-refractivity contribution in [2.45, 2.75) is 13.3 Å². The molecule has 0 aliphatic heterocycles. The van der Waals surface area contributed by atoms with Crippen molar-refractivity contribution in [3.8, 4) is 11.5 Å². The number of amides is 1. The molecule has 0 unspecified atom stereocenters. The third-order valence-electron chi connectivity index (χ3n) is 4.57. The monoisotopic (exact) mass is 447 g/mol. The first-order valence-electron chi connectivity index (χ1n) is 9.66. The minimum atomic E-state index is -0.150. The third-order valence-corrected chi connectivity index (χ3v) is 6.11. The first-order chi connectivity index (χ1) is 14.4. The van der Waals surface area contributed by atoms with Crippen LogP contribution in [0, 0.1) is 6.92 Å². The van der Waals surface area contributed by atoms with Crippen molar-refractivity contribution in [2.75, 3.05) is 45.8 Å². The molecule has 0 spiro atoms.